The molecule has 110 valence electrons. The Balaban J connectivity index is 2.11. The first-order valence-electron chi connectivity index (χ1n) is 5.47. The lowest BCUT2D eigenvalue weighted by Gasteiger charge is -2.11. The van der Waals surface area contributed by atoms with Crippen LogP contribution in [-0.2, 0) is 6.54 Å². The third kappa shape index (κ3) is 3.80. The number of urea groups is 1. The van der Waals surface area contributed by atoms with Crippen LogP contribution in [0.4, 0.5) is 10.5 Å². The SMILES string of the molecule is O=C(NCc1nn[nH]n1)Nc1c(Cl)cc(Cl)cc1C(=O)O. The highest BCUT2D eigenvalue weighted by Gasteiger charge is 2.17. The van der Waals surface area contributed by atoms with Crippen molar-refractivity contribution in [2.75, 3.05) is 5.32 Å². The Bertz CT molecular complexity index is 676. The Morgan fingerprint density at radius 1 is 1.33 bits per heavy atom. The normalized spacial score (nSPS) is 10.2. The lowest BCUT2D eigenvalue weighted by molar-refractivity contribution is 0.0698. The molecule has 2 rings (SSSR count). The van der Waals surface area contributed by atoms with Crippen LogP contribution in [0.25, 0.3) is 0 Å². The minimum Gasteiger partial charge on any atom is -0.478 e. The molecule has 1 aromatic carbocycles. The quantitative estimate of drug-likeness (QED) is 0.671. The van der Waals surface area contributed by atoms with E-state index < -0.39 is 12.0 Å². The summed E-state index contributed by atoms with van der Waals surface area (Å²) in [6.45, 7) is 0.00987. The van der Waals surface area contributed by atoms with Gasteiger partial charge in [0, 0.05) is 5.02 Å². The number of carboxylic acid groups (broad SMARTS) is 1. The smallest absolute Gasteiger partial charge is 0.337 e. The Morgan fingerprint density at radius 2 is 2.10 bits per heavy atom. The number of halogens is 2. The van der Waals surface area contributed by atoms with E-state index in [0.717, 1.165) is 0 Å². The van der Waals surface area contributed by atoms with Gasteiger partial charge in [-0.2, -0.15) is 5.21 Å². The van der Waals surface area contributed by atoms with Crippen molar-refractivity contribution >= 4 is 40.9 Å². The van der Waals surface area contributed by atoms with Crippen LogP contribution < -0.4 is 10.6 Å². The van der Waals surface area contributed by atoms with Gasteiger partial charge in [0.05, 0.1) is 22.8 Å². The number of benzene rings is 1. The zero-order valence-corrected chi connectivity index (χ0v) is 11.7. The number of aromatic amines is 1. The number of carbonyl (C=O) groups is 2. The summed E-state index contributed by atoms with van der Waals surface area (Å²) in [5.41, 5.74) is -0.276. The summed E-state index contributed by atoms with van der Waals surface area (Å²) in [5.74, 6) is -1.00. The zero-order chi connectivity index (χ0) is 15.4. The number of amides is 2. The van der Waals surface area contributed by atoms with E-state index in [9.17, 15) is 9.59 Å². The standard InChI is InChI=1S/C10H8Cl2N6O3/c11-4-1-5(9(19)20)8(6(12)2-4)14-10(21)13-3-7-15-17-18-16-7/h1-2H,3H2,(H,19,20)(H2,13,14,21)(H,15,16,17,18). The van der Waals surface area contributed by atoms with Gasteiger partial charge in [0.2, 0.25) is 0 Å². The number of nitrogens with zero attached hydrogens (tertiary/aromatic N) is 3. The van der Waals surface area contributed by atoms with Crippen molar-refractivity contribution in [3.8, 4) is 0 Å². The number of nitrogens with one attached hydrogen (secondary N) is 3. The lowest BCUT2D eigenvalue weighted by atomic mass is 10.2. The molecule has 0 saturated heterocycles. The number of hydrogen-bond acceptors (Lipinski definition) is 5. The molecular formula is C10H8Cl2N6O3. The van der Waals surface area contributed by atoms with Gasteiger partial charge in [0.1, 0.15) is 0 Å². The first-order chi connectivity index (χ1) is 9.97. The molecule has 2 aromatic rings. The van der Waals surface area contributed by atoms with E-state index in [0.29, 0.717) is 0 Å². The Hall–Kier alpha value is -2.39. The number of anilines is 1. The second kappa shape index (κ2) is 6.37. The summed E-state index contributed by atoms with van der Waals surface area (Å²) in [5, 5.41) is 26.8. The van der Waals surface area contributed by atoms with Crippen molar-refractivity contribution in [2.45, 2.75) is 6.54 Å². The highest BCUT2D eigenvalue weighted by molar-refractivity contribution is 6.37. The molecule has 0 unspecified atom stereocenters. The van der Waals surface area contributed by atoms with Crippen molar-refractivity contribution in [3.63, 3.8) is 0 Å². The topological polar surface area (TPSA) is 133 Å². The number of rotatable bonds is 4. The van der Waals surface area contributed by atoms with Crippen LogP contribution >= 0.6 is 23.2 Å². The number of carbonyl (C=O) groups excluding carboxylic acids is 1. The van der Waals surface area contributed by atoms with Crippen LogP contribution in [0.5, 0.6) is 0 Å². The van der Waals surface area contributed by atoms with Gasteiger partial charge >= 0.3 is 12.0 Å². The van der Waals surface area contributed by atoms with Crippen LogP contribution in [0, 0.1) is 0 Å². The molecule has 0 spiro atoms. The molecule has 0 aliphatic rings. The number of aromatic carboxylic acids is 1. The lowest BCUT2D eigenvalue weighted by Crippen LogP contribution is -2.29. The van der Waals surface area contributed by atoms with Gasteiger partial charge in [-0.15, -0.1) is 10.2 Å². The molecule has 0 bridgehead atoms. The molecule has 11 heteroatoms. The first kappa shape index (κ1) is 15.0. The van der Waals surface area contributed by atoms with Gasteiger partial charge in [0.25, 0.3) is 0 Å². The Kier molecular flexibility index (Phi) is 4.55. The zero-order valence-electron chi connectivity index (χ0n) is 10.2. The van der Waals surface area contributed by atoms with Crippen molar-refractivity contribution in [2.24, 2.45) is 0 Å². The number of tetrazole rings is 1. The fraction of sp³-hybridized carbons (Fsp3) is 0.100. The summed E-state index contributed by atoms with van der Waals surface area (Å²) in [7, 11) is 0. The second-order valence-electron chi connectivity index (χ2n) is 3.75. The molecular weight excluding hydrogens is 323 g/mol. The van der Waals surface area contributed by atoms with Crippen molar-refractivity contribution in [3.05, 3.63) is 33.6 Å². The van der Waals surface area contributed by atoms with Crippen molar-refractivity contribution < 1.29 is 14.7 Å². The maximum atomic E-state index is 11.7. The van der Waals surface area contributed by atoms with Crippen LogP contribution in [0.15, 0.2) is 12.1 Å². The average molecular weight is 331 g/mol. The van der Waals surface area contributed by atoms with Crippen LogP contribution in [0.3, 0.4) is 0 Å². The summed E-state index contributed by atoms with van der Waals surface area (Å²) in [6, 6.07) is 1.83. The molecule has 0 saturated carbocycles. The summed E-state index contributed by atoms with van der Waals surface area (Å²) in [6.07, 6.45) is 0. The first-order valence-corrected chi connectivity index (χ1v) is 6.22. The van der Waals surface area contributed by atoms with E-state index in [1.165, 1.54) is 12.1 Å². The molecule has 0 aliphatic carbocycles. The van der Waals surface area contributed by atoms with Gasteiger partial charge < -0.3 is 15.7 Å². The average Bonchev–Trinajstić information content (AvgIpc) is 2.92. The summed E-state index contributed by atoms with van der Waals surface area (Å²) in [4.78, 5) is 22.9. The number of H-pyrrole nitrogens is 1. The highest BCUT2D eigenvalue weighted by Crippen LogP contribution is 2.30. The number of carboxylic acids is 1. The van der Waals surface area contributed by atoms with Crippen LogP contribution in [-0.4, -0.2) is 37.7 Å². The van der Waals surface area contributed by atoms with Crippen LogP contribution in [0.2, 0.25) is 10.0 Å². The monoisotopic (exact) mass is 330 g/mol. The van der Waals surface area contributed by atoms with Gasteiger partial charge in [-0.1, -0.05) is 28.4 Å². The summed E-state index contributed by atoms with van der Waals surface area (Å²) >= 11 is 11.6. The molecule has 4 N–H and O–H groups in total. The van der Waals surface area contributed by atoms with Gasteiger partial charge in [-0.3, -0.25) is 0 Å². The van der Waals surface area contributed by atoms with Crippen LogP contribution in [0.1, 0.15) is 16.2 Å². The largest absolute Gasteiger partial charge is 0.478 e. The second-order valence-corrected chi connectivity index (χ2v) is 4.59. The van der Waals surface area contributed by atoms with E-state index in [2.05, 4.69) is 31.3 Å². The fourth-order valence-corrected chi connectivity index (χ4v) is 1.98. The van der Waals surface area contributed by atoms with Crippen molar-refractivity contribution in [1.82, 2.24) is 25.9 Å². The Morgan fingerprint density at radius 3 is 2.71 bits per heavy atom. The molecule has 1 heterocycles. The van der Waals surface area contributed by atoms with Crippen molar-refractivity contribution in [1.29, 1.82) is 0 Å². The van der Waals surface area contributed by atoms with E-state index in [1.807, 2.05) is 0 Å². The third-order valence-electron chi connectivity index (χ3n) is 2.32. The maximum absolute atomic E-state index is 11.7. The van der Waals surface area contributed by atoms with E-state index in [4.69, 9.17) is 28.3 Å². The molecule has 0 atom stereocenters. The minimum atomic E-state index is -1.27. The molecule has 21 heavy (non-hydrogen) atoms. The van der Waals surface area contributed by atoms with E-state index in [1.54, 1.807) is 0 Å². The molecule has 0 radical (unpaired) electrons. The molecule has 2 amide bonds. The third-order valence-corrected chi connectivity index (χ3v) is 2.84. The molecule has 0 fully saturated rings. The van der Waals surface area contributed by atoms with Gasteiger partial charge in [-0.05, 0) is 12.1 Å². The number of hydrogen-bond donors (Lipinski definition) is 4. The Labute approximate surface area is 127 Å². The van der Waals surface area contributed by atoms with Gasteiger partial charge in [0.15, 0.2) is 5.82 Å². The minimum absolute atomic E-state index is 0.00890. The highest BCUT2D eigenvalue weighted by atomic mass is 35.5. The van der Waals surface area contributed by atoms with E-state index >= 15 is 0 Å². The molecule has 1 aromatic heterocycles. The fourth-order valence-electron chi connectivity index (χ4n) is 1.44. The maximum Gasteiger partial charge on any atom is 0.337 e. The number of aromatic nitrogens is 4. The van der Waals surface area contributed by atoms with Gasteiger partial charge in [-0.25, -0.2) is 9.59 Å². The molecule has 0 aliphatic heterocycles. The predicted octanol–water partition coefficient (Wildman–Crippen LogP) is 1.53. The van der Waals surface area contributed by atoms with E-state index in [-0.39, 0.29) is 33.7 Å². The predicted molar refractivity (Wildman–Crippen MR) is 73.5 cm³/mol. The summed E-state index contributed by atoms with van der Waals surface area (Å²) < 4.78 is 0. The molecule has 9 nitrogen and oxygen atoms in total.